The largest absolute Gasteiger partial charge is 0.491 e. The minimum atomic E-state index is -0.439. The summed E-state index contributed by atoms with van der Waals surface area (Å²) in [6.45, 7) is 5.74. The Bertz CT molecular complexity index is 476. The Kier molecular flexibility index (Phi) is 9.26. The van der Waals surface area contributed by atoms with Crippen molar-refractivity contribution in [3.63, 3.8) is 0 Å². The van der Waals surface area contributed by atoms with Gasteiger partial charge in [0.1, 0.15) is 18.5 Å². The van der Waals surface area contributed by atoms with Crippen molar-refractivity contribution in [3.05, 3.63) is 29.8 Å². The number of hydrogen-bond acceptors (Lipinski definition) is 5. The van der Waals surface area contributed by atoms with E-state index in [2.05, 4.69) is 29.0 Å². The van der Waals surface area contributed by atoms with Crippen LogP contribution in [-0.4, -0.2) is 74.6 Å². The smallest absolute Gasteiger partial charge is 0.119 e. The van der Waals surface area contributed by atoms with Crippen LogP contribution in [0.2, 0.25) is 0 Å². The van der Waals surface area contributed by atoms with E-state index in [9.17, 15) is 5.11 Å². The van der Waals surface area contributed by atoms with Gasteiger partial charge in [0.05, 0.1) is 6.61 Å². The van der Waals surface area contributed by atoms with Gasteiger partial charge in [-0.1, -0.05) is 25.0 Å². The zero-order valence-electron chi connectivity index (χ0n) is 15.8. The Balaban J connectivity index is 1.75. The number of aliphatic hydroxyl groups is 1. The summed E-state index contributed by atoms with van der Waals surface area (Å²) in [6.07, 6.45) is 4.67. The standard InChI is InChI=1S/C20H34N2O3/c1-21(12-13-24-2)15-18-8-7-9-20(14-18)25-17-19(23)16-22-10-5-3-4-6-11-22/h7-9,14,19,23H,3-6,10-13,15-17H2,1-2H3. The molecule has 1 saturated heterocycles. The van der Waals surface area contributed by atoms with Gasteiger partial charge in [-0.15, -0.1) is 0 Å². The first kappa shape index (κ1) is 20.2. The fraction of sp³-hybridized carbons (Fsp3) is 0.700. The molecule has 1 aliphatic rings. The molecule has 142 valence electrons. The molecule has 1 aliphatic heterocycles. The highest BCUT2D eigenvalue weighted by molar-refractivity contribution is 5.28. The van der Waals surface area contributed by atoms with Gasteiger partial charge in [-0.3, -0.25) is 4.90 Å². The van der Waals surface area contributed by atoms with Crippen LogP contribution in [0.25, 0.3) is 0 Å². The lowest BCUT2D eigenvalue weighted by Crippen LogP contribution is -2.36. The summed E-state index contributed by atoms with van der Waals surface area (Å²) in [5, 5.41) is 10.3. The number of nitrogens with zero attached hydrogens (tertiary/aromatic N) is 2. The van der Waals surface area contributed by atoms with Gasteiger partial charge in [0, 0.05) is 26.7 Å². The second-order valence-corrected chi connectivity index (χ2v) is 7.06. The molecular weight excluding hydrogens is 316 g/mol. The predicted octanol–water partition coefficient (Wildman–Crippen LogP) is 2.38. The molecule has 1 fully saturated rings. The summed E-state index contributed by atoms with van der Waals surface area (Å²) in [6, 6.07) is 8.12. The van der Waals surface area contributed by atoms with Crippen LogP contribution >= 0.6 is 0 Å². The molecule has 0 aliphatic carbocycles. The Labute approximate surface area is 152 Å². The first-order valence-corrected chi connectivity index (χ1v) is 9.47. The molecule has 0 spiro atoms. The first-order chi connectivity index (χ1) is 12.2. The zero-order valence-corrected chi connectivity index (χ0v) is 15.8. The Hall–Kier alpha value is -1.14. The Morgan fingerprint density at radius 1 is 1.20 bits per heavy atom. The minimum Gasteiger partial charge on any atom is -0.491 e. The summed E-state index contributed by atoms with van der Waals surface area (Å²) in [7, 11) is 3.80. The highest BCUT2D eigenvalue weighted by atomic mass is 16.5. The number of β-amino-alcohol motifs (C(OH)–C–C–N with tert-alkyl or cyclic N) is 1. The number of benzene rings is 1. The van der Waals surface area contributed by atoms with Gasteiger partial charge in [0.15, 0.2) is 0 Å². The van der Waals surface area contributed by atoms with Crippen LogP contribution in [0.3, 0.4) is 0 Å². The Morgan fingerprint density at radius 2 is 1.96 bits per heavy atom. The van der Waals surface area contributed by atoms with Crippen LogP contribution in [0.4, 0.5) is 0 Å². The lowest BCUT2D eigenvalue weighted by molar-refractivity contribution is 0.0693. The maximum atomic E-state index is 10.3. The van der Waals surface area contributed by atoms with Crippen LogP contribution in [0.15, 0.2) is 24.3 Å². The summed E-state index contributed by atoms with van der Waals surface area (Å²) in [5.41, 5.74) is 1.21. The van der Waals surface area contributed by atoms with E-state index in [1.165, 1.54) is 31.2 Å². The van der Waals surface area contributed by atoms with E-state index in [-0.39, 0.29) is 0 Å². The van der Waals surface area contributed by atoms with Crippen LogP contribution in [-0.2, 0) is 11.3 Å². The van der Waals surface area contributed by atoms with E-state index < -0.39 is 6.10 Å². The van der Waals surface area contributed by atoms with E-state index in [1.54, 1.807) is 7.11 Å². The van der Waals surface area contributed by atoms with Crippen molar-refractivity contribution in [1.29, 1.82) is 0 Å². The van der Waals surface area contributed by atoms with Crippen LogP contribution in [0, 0.1) is 0 Å². The molecule has 0 radical (unpaired) electrons. The molecule has 1 unspecified atom stereocenters. The molecule has 5 nitrogen and oxygen atoms in total. The molecule has 1 aromatic rings. The highest BCUT2D eigenvalue weighted by Crippen LogP contribution is 2.15. The average molecular weight is 351 g/mol. The third kappa shape index (κ3) is 8.19. The molecule has 5 heteroatoms. The van der Waals surface area contributed by atoms with Crippen LogP contribution < -0.4 is 4.74 Å². The Morgan fingerprint density at radius 3 is 2.68 bits per heavy atom. The van der Waals surface area contributed by atoms with Crippen molar-refractivity contribution in [1.82, 2.24) is 9.80 Å². The quantitative estimate of drug-likeness (QED) is 0.702. The van der Waals surface area contributed by atoms with E-state index in [0.717, 1.165) is 38.5 Å². The minimum absolute atomic E-state index is 0.347. The van der Waals surface area contributed by atoms with Crippen molar-refractivity contribution in [2.75, 3.05) is 53.6 Å². The molecule has 0 bridgehead atoms. The first-order valence-electron chi connectivity index (χ1n) is 9.47. The molecular formula is C20H34N2O3. The fourth-order valence-corrected chi connectivity index (χ4v) is 3.23. The normalized spacial score (nSPS) is 17.4. The van der Waals surface area contributed by atoms with Gasteiger partial charge >= 0.3 is 0 Å². The van der Waals surface area contributed by atoms with Crippen molar-refractivity contribution >= 4 is 0 Å². The van der Waals surface area contributed by atoms with Crippen molar-refractivity contribution in [2.45, 2.75) is 38.3 Å². The molecule has 0 aromatic heterocycles. The fourth-order valence-electron chi connectivity index (χ4n) is 3.23. The summed E-state index contributed by atoms with van der Waals surface area (Å²) >= 11 is 0. The van der Waals surface area contributed by atoms with Crippen molar-refractivity contribution in [3.8, 4) is 5.75 Å². The number of ether oxygens (including phenoxy) is 2. The average Bonchev–Trinajstić information content (AvgIpc) is 2.87. The molecule has 25 heavy (non-hydrogen) atoms. The van der Waals surface area contributed by atoms with E-state index in [1.807, 2.05) is 12.1 Å². The van der Waals surface area contributed by atoms with Gasteiger partial charge in [0.2, 0.25) is 0 Å². The number of rotatable bonds is 10. The molecule has 0 saturated carbocycles. The second-order valence-electron chi connectivity index (χ2n) is 7.06. The third-order valence-corrected chi connectivity index (χ3v) is 4.64. The number of aliphatic hydroxyl groups excluding tert-OH is 1. The van der Waals surface area contributed by atoms with Crippen LogP contribution in [0.5, 0.6) is 5.75 Å². The predicted molar refractivity (Wildman–Crippen MR) is 101 cm³/mol. The van der Waals surface area contributed by atoms with Gasteiger partial charge < -0.3 is 19.5 Å². The van der Waals surface area contributed by atoms with E-state index in [4.69, 9.17) is 9.47 Å². The molecule has 0 amide bonds. The van der Waals surface area contributed by atoms with Gasteiger partial charge in [-0.2, -0.15) is 0 Å². The highest BCUT2D eigenvalue weighted by Gasteiger charge is 2.14. The molecule has 1 heterocycles. The van der Waals surface area contributed by atoms with Gasteiger partial charge in [-0.05, 0) is 50.7 Å². The van der Waals surface area contributed by atoms with Gasteiger partial charge in [-0.25, -0.2) is 0 Å². The maximum Gasteiger partial charge on any atom is 0.119 e. The number of likely N-dealkylation sites (tertiary alicyclic amines) is 1. The summed E-state index contributed by atoms with van der Waals surface area (Å²) in [5.74, 6) is 0.826. The summed E-state index contributed by atoms with van der Waals surface area (Å²) < 4.78 is 10.9. The third-order valence-electron chi connectivity index (χ3n) is 4.64. The van der Waals surface area contributed by atoms with E-state index in [0.29, 0.717) is 13.2 Å². The lowest BCUT2D eigenvalue weighted by Gasteiger charge is -2.23. The van der Waals surface area contributed by atoms with Crippen molar-refractivity contribution < 1.29 is 14.6 Å². The number of hydrogen-bond donors (Lipinski definition) is 1. The SMILES string of the molecule is COCCN(C)Cc1cccc(OCC(O)CN2CCCCCC2)c1. The number of likely N-dealkylation sites (N-methyl/N-ethyl adjacent to an activating group) is 1. The lowest BCUT2D eigenvalue weighted by atomic mass is 10.2. The molecule has 2 rings (SSSR count). The summed E-state index contributed by atoms with van der Waals surface area (Å²) in [4.78, 5) is 4.58. The zero-order chi connectivity index (χ0) is 17.9. The number of methoxy groups -OCH3 is 1. The second kappa shape index (κ2) is 11.5. The topological polar surface area (TPSA) is 45.2 Å². The van der Waals surface area contributed by atoms with Gasteiger partial charge in [0.25, 0.3) is 0 Å². The van der Waals surface area contributed by atoms with Crippen LogP contribution in [0.1, 0.15) is 31.2 Å². The monoisotopic (exact) mass is 350 g/mol. The van der Waals surface area contributed by atoms with E-state index >= 15 is 0 Å². The molecule has 1 N–H and O–H groups in total. The molecule has 1 atom stereocenters. The maximum absolute atomic E-state index is 10.3. The van der Waals surface area contributed by atoms with Crippen molar-refractivity contribution in [2.24, 2.45) is 0 Å². The molecule has 1 aromatic carbocycles.